The van der Waals surface area contributed by atoms with Crippen LogP contribution in [0.25, 0.3) is 0 Å². The Kier molecular flexibility index (Phi) is 6.07. The van der Waals surface area contributed by atoms with E-state index in [2.05, 4.69) is 33.1 Å². The average molecular weight is 369 g/mol. The molecule has 0 spiro atoms. The highest BCUT2D eigenvalue weighted by molar-refractivity contribution is 7.10. The summed E-state index contributed by atoms with van der Waals surface area (Å²) in [4.78, 5) is 19.7. The van der Waals surface area contributed by atoms with Crippen LogP contribution >= 0.6 is 11.3 Å². The van der Waals surface area contributed by atoms with Gasteiger partial charge in [-0.2, -0.15) is 0 Å². The number of thiophene rings is 1. The predicted octanol–water partition coefficient (Wildman–Crippen LogP) is 3.94. The Balaban J connectivity index is 1.51. The minimum Gasteiger partial charge on any atom is -0.338 e. The number of imidazole rings is 1. The fourth-order valence-corrected chi connectivity index (χ4v) is 3.62. The molecule has 2 heterocycles. The predicted molar refractivity (Wildman–Crippen MR) is 105 cm³/mol. The second-order valence-electron chi connectivity index (χ2n) is 6.24. The van der Waals surface area contributed by atoms with Gasteiger partial charge in [0.15, 0.2) is 0 Å². The van der Waals surface area contributed by atoms with Gasteiger partial charge < -0.3 is 14.8 Å². The van der Waals surface area contributed by atoms with E-state index in [9.17, 15) is 4.79 Å². The molecule has 1 N–H and O–H groups in total. The molecular weight excluding hydrogens is 344 g/mol. The zero-order valence-corrected chi connectivity index (χ0v) is 15.9. The lowest BCUT2D eigenvalue weighted by Crippen LogP contribution is -2.39. The number of amides is 2. The van der Waals surface area contributed by atoms with Crippen molar-refractivity contribution in [1.82, 2.24) is 19.8 Å². The second-order valence-corrected chi connectivity index (χ2v) is 7.22. The maximum atomic E-state index is 12.4. The lowest BCUT2D eigenvalue weighted by atomic mass is 10.2. The van der Waals surface area contributed by atoms with Crippen LogP contribution in [0.5, 0.6) is 0 Å². The fraction of sp³-hybridized carbons (Fsp3) is 0.300. The molecule has 26 heavy (non-hydrogen) atoms. The topological polar surface area (TPSA) is 50.2 Å². The number of aromatic nitrogens is 2. The van der Waals surface area contributed by atoms with E-state index in [4.69, 9.17) is 0 Å². The lowest BCUT2D eigenvalue weighted by Gasteiger charge is -2.24. The van der Waals surface area contributed by atoms with Gasteiger partial charge in [-0.25, -0.2) is 9.78 Å². The van der Waals surface area contributed by atoms with Gasteiger partial charge in [-0.15, -0.1) is 11.3 Å². The fourth-order valence-electron chi connectivity index (χ4n) is 2.79. The first-order valence-electron chi connectivity index (χ1n) is 8.73. The molecule has 5 nitrogen and oxygen atoms in total. The minimum atomic E-state index is -0.0629. The molecule has 0 bridgehead atoms. The summed E-state index contributed by atoms with van der Waals surface area (Å²) in [5, 5.41) is 5.02. The Hall–Kier alpha value is -2.60. The van der Waals surface area contributed by atoms with Crippen molar-refractivity contribution in [2.24, 2.45) is 0 Å². The normalized spacial score (nSPS) is 11.9. The number of carbonyl (C=O) groups excluding carboxylic acids is 1. The van der Waals surface area contributed by atoms with Gasteiger partial charge in [-0.05, 0) is 23.9 Å². The van der Waals surface area contributed by atoms with Crippen LogP contribution < -0.4 is 5.32 Å². The summed E-state index contributed by atoms with van der Waals surface area (Å²) in [6.07, 6.45) is 4.49. The van der Waals surface area contributed by atoms with E-state index >= 15 is 0 Å². The van der Waals surface area contributed by atoms with Gasteiger partial charge in [-0.1, -0.05) is 36.4 Å². The van der Waals surface area contributed by atoms with Crippen molar-refractivity contribution in [2.75, 3.05) is 13.6 Å². The molecule has 2 aromatic heterocycles. The first-order valence-corrected chi connectivity index (χ1v) is 9.61. The third kappa shape index (κ3) is 4.52. The molecule has 2 amide bonds. The average Bonchev–Trinajstić information content (AvgIpc) is 3.34. The van der Waals surface area contributed by atoms with Crippen molar-refractivity contribution in [2.45, 2.75) is 25.9 Å². The number of hydrogen-bond donors (Lipinski definition) is 1. The number of benzene rings is 1. The van der Waals surface area contributed by atoms with Crippen LogP contribution in [0.3, 0.4) is 0 Å². The van der Waals surface area contributed by atoms with Crippen LogP contribution in [0.1, 0.15) is 29.2 Å². The molecule has 0 fully saturated rings. The zero-order valence-electron chi connectivity index (χ0n) is 15.1. The zero-order chi connectivity index (χ0) is 18.4. The van der Waals surface area contributed by atoms with E-state index in [1.807, 2.05) is 56.0 Å². The molecule has 1 aromatic carbocycles. The standard InChI is InChI=1S/C20H24N4OS/c1-16(18-9-6-14-26-18)23(2)20(25)22-11-10-19-21-12-13-24(19)15-17-7-4-3-5-8-17/h3-9,12-14,16H,10-11,15H2,1-2H3,(H,22,25). The summed E-state index contributed by atoms with van der Waals surface area (Å²) in [5.41, 5.74) is 1.24. The molecular formula is C20H24N4OS. The highest BCUT2D eigenvalue weighted by Crippen LogP contribution is 2.23. The van der Waals surface area contributed by atoms with Crippen LogP contribution in [-0.2, 0) is 13.0 Å². The number of carbonyl (C=O) groups is 1. The van der Waals surface area contributed by atoms with Crippen molar-refractivity contribution in [3.05, 3.63) is 76.5 Å². The van der Waals surface area contributed by atoms with Crippen molar-refractivity contribution in [1.29, 1.82) is 0 Å². The van der Waals surface area contributed by atoms with E-state index < -0.39 is 0 Å². The van der Waals surface area contributed by atoms with E-state index in [1.54, 1.807) is 16.2 Å². The molecule has 1 atom stereocenters. The Morgan fingerprint density at radius 3 is 2.81 bits per heavy atom. The Morgan fingerprint density at radius 2 is 2.08 bits per heavy atom. The smallest absolute Gasteiger partial charge is 0.317 e. The molecule has 0 radical (unpaired) electrons. The number of urea groups is 1. The summed E-state index contributed by atoms with van der Waals surface area (Å²) >= 11 is 1.67. The summed E-state index contributed by atoms with van der Waals surface area (Å²) in [7, 11) is 1.83. The summed E-state index contributed by atoms with van der Waals surface area (Å²) in [6, 6.07) is 14.4. The van der Waals surface area contributed by atoms with E-state index in [0.29, 0.717) is 13.0 Å². The Labute approximate surface area is 158 Å². The number of rotatable bonds is 7. The molecule has 0 aliphatic rings. The Bertz CT molecular complexity index is 813. The van der Waals surface area contributed by atoms with Gasteiger partial charge in [0.05, 0.1) is 6.04 Å². The molecule has 0 aliphatic heterocycles. The van der Waals surface area contributed by atoms with Crippen molar-refractivity contribution in [3.63, 3.8) is 0 Å². The molecule has 1 unspecified atom stereocenters. The van der Waals surface area contributed by atoms with Gasteiger partial charge in [0.25, 0.3) is 0 Å². The molecule has 6 heteroatoms. The van der Waals surface area contributed by atoms with Crippen LogP contribution in [0.2, 0.25) is 0 Å². The van der Waals surface area contributed by atoms with E-state index in [0.717, 1.165) is 12.4 Å². The highest BCUT2D eigenvalue weighted by Gasteiger charge is 2.17. The van der Waals surface area contributed by atoms with Crippen LogP contribution in [0.4, 0.5) is 4.79 Å². The van der Waals surface area contributed by atoms with Crippen LogP contribution in [0.15, 0.2) is 60.2 Å². The summed E-state index contributed by atoms with van der Waals surface area (Å²) < 4.78 is 2.12. The monoisotopic (exact) mass is 368 g/mol. The van der Waals surface area contributed by atoms with Crippen molar-refractivity contribution in [3.8, 4) is 0 Å². The first kappa shape index (κ1) is 18.2. The second kappa shape index (κ2) is 8.67. The molecule has 0 saturated heterocycles. The highest BCUT2D eigenvalue weighted by atomic mass is 32.1. The van der Waals surface area contributed by atoms with Gasteiger partial charge in [-0.3, -0.25) is 0 Å². The maximum absolute atomic E-state index is 12.4. The molecule has 0 aliphatic carbocycles. The van der Waals surface area contributed by atoms with Gasteiger partial charge in [0.1, 0.15) is 5.82 Å². The van der Waals surface area contributed by atoms with Crippen molar-refractivity contribution >= 4 is 17.4 Å². The Morgan fingerprint density at radius 1 is 1.27 bits per heavy atom. The molecule has 3 aromatic rings. The van der Waals surface area contributed by atoms with Gasteiger partial charge in [0.2, 0.25) is 0 Å². The third-order valence-corrected chi connectivity index (χ3v) is 5.52. The number of nitrogens with zero attached hydrogens (tertiary/aromatic N) is 3. The number of hydrogen-bond acceptors (Lipinski definition) is 3. The van der Waals surface area contributed by atoms with E-state index in [1.165, 1.54) is 10.4 Å². The SMILES string of the molecule is CC(c1cccs1)N(C)C(=O)NCCc1nccn1Cc1ccccc1. The number of nitrogens with one attached hydrogen (secondary N) is 1. The van der Waals surface area contributed by atoms with Crippen LogP contribution in [-0.4, -0.2) is 34.1 Å². The summed E-state index contributed by atoms with van der Waals surface area (Å²) in [6.45, 7) is 3.39. The largest absolute Gasteiger partial charge is 0.338 e. The van der Waals surface area contributed by atoms with Crippen molar-refractivity contribution < 1.29 is 4.79 Å². The van der Waals surface area contributed by atoms with E-state index in [-0.39, 0.29) is 12.1 Å². The first-order chi connectivity index (χ1) is 12.6. The third-order valence-electron chi connectivity index (χ3n) is 4.48. The maximum Gasteiger partial charge on any atom is 0.317 e. The van der Waals surface area contributed by atoms with Gasteiger partial charge in [0, 0.05) is 43.8 Å². The van der Waals surface area contributed by atoms with Gasteiger partial charge >= 0.3 is 6.03 Å². The molecule has 136 valence electrons. The quantitative estimate of drug-likeness (QED) is 0.687. The molecule has 3 rings (SSSR count). The van der Waals surface area contributed by atoms with Crippen LogP contribution in [0, 0.1) is 0 Å². The molecule has 0 saturated carbocycles. The minimum absolute atomic E-state index is 0.0629. The lowest BCUT2D eigenvalue weighted by molar-refractivity contribution is 0.195. The summed E-state index contributed by atoms with van der Waals surface area (Å²) in [5.74, 6) is 0.975.